The summed E-state index contributed by atoms with van der Waals surface area (Å²) in [6.45, 7) is 0. The Morgan fingerprint density at radius 1 is 0.879 bits per heavy atom. The summed E-state index contributed by atoms with van der Waals surface area (Å²) in [7, 11) is 20.0. The Hall–Kier alpha value is 2.94. The van der Waals surface area contributed by atoms with Crippen molar-refractivity contribution < 1.29 is 92.8 Å². The summed E-state index contributed by atoms with van der Waals surface area (Å²) in [5.41, 5.74) is 0. The van der Waals surface area contributed by atoms with Gasteiger partial charge in [0.15, 0.2) is 0 Å². The molecule has 0 heterocycles. The summed E-state index contributed by atoms with van der Waals surface area (Å²) in [5, 5.41) is 2.83. The molecule has 0 amide bonds. The van der Waals surface area contributed by atoms with Crippen molar-refractivity contribution in [2.75, 3.05) is 28.4 Å². The zero-order valence-corrected chi connectivity index (χ0v) is 27.9. The topological polar surface area (TPSA) is 159 Å². The Bertz CT molecular complexity index is 537. The maximum absolute atomic E-state index is 5.48. The molecule has 10 unspecified atom stereocenters. The van der Waals surface area contributed by atoms with E-state index in [4.69, 9.17) is 57.9 Å². The summed E-state index contributed by atoms with van der Waals surface area (Å²) in [4.78, 5) is 57.5. The van der Waals surface area contributed by atoms with E-state index in [0.29, 0.717) is 5.39 Å². The molecule has 0 aliphatic rings. The van der Waals surface area contributed by atoms with Crippen LogP contribution < -0.4 is 32.8 Å². The molecule has 0 aromatic heterocycles. The van der Waals surface area contributed by atoms with E-state index in [0.717, 1.165) is 9.99 Å². The van der Waals surface area contributed by atoms with Crippen LogP contribution in [0.3, 0.4) is 0 Å². The van der Waals surface area contributed by atoms with Gasteiger partial charge in [-0.1, -0.05) is 0 Å². The first-order valence-corrected chi connectivity index (χ1v) is 13.5. The molecule has 0 bridgehead atoms. The van der Waals surface area contributed by atoms with Crippen molar-refractivity contribution in [3.63, 3.8) is 0 Å². The Balaban J connectivity index is 4.95. The van der Waals surface area contributed by atoms with Gasteiger partial charge in [0.1, 0.15) is 0 Å². The van der Waals surface area contributed by atoms with Gasteiger partial charge in [-0.05, 0) is 0 Å². The standard InChI is InChI=1S/C5H30IN8O12P7/c1-15-12(31,16-2)24-9(23-11(30)22-8-28)20-6-5(27)19-10(29)25-14(33,18-4)26-13(32,17-3)21-7/h5,8H,7,27-33H2,1-4H3/q+2. The molecule has 0 rings (SSSR count). The van der Waals surface area contributed by atoms with E-state index in [1.54, 1.807) is 0 Å². The van der Waals surface area contributed by atoms with Crippen LogP contribution in [0.4, 0.5) is 0 Å². The van der Waals surface area contributed by atoms with Crippen LogP contribution in [-0.2, 0) is 57.0 Å². The zero-order valence-electron chi connectivity index (χ0n) is 17.7. The molecule has 28 heteroatoms. The normalized spacial score (nSPS) is 17.7. The average molecular weight is 738 g/mol. The van der Waals surface area contributed by atoms with Gasteiger partial charge in [0.2, 0.25) is 0 Å². The third-order valence-corrected chi connectivity index (χ3v) is 6.40. The molecule has 0 spiro atoms. The number of hydrogen-bond acceptors (Lipinski definition) is 17. The second-order valence-electron chi connectivity index (χ2n) is 4.40. The van der Waals surface area contributed by atoms with E-state index in [-0.39, 0.29) is 0 Å². The molecule has 0 aliphatic heterocycles. The molecule has 0 radical (unpaired) electrons. The number of halogens is 1. The second-order valence-corrected chi connectivity index (χ2v) is 11.5. The zero-order chi connectivity index (χ0) is 25.7. The fraction of sp³-hybridized carbons (Fsp3) is 1.00. The fourth-order valence-electron chi connectivity index (χ4n) is 1.06. The number of quaternary nitrogens is 3. The minimum absolute atomic E-state index is 0.544. The summed E-state index contributed by atoms with van der Waals surface area (Å²) in [6.07, 6.45) is 0. The Kier molecular flexibility index (Phi) is 19.9. The third-order valence-electron chi connectivity index (χ3n) is 2.45. The second kappa shape index (κ2) is 18.3. The number of nitrogens with two attached hydrogens (primary N) is 1. The van der Waals surface area contributed by atoms with E-state index in [1.165, 1.54) is 28.4 Å². The van der Waals surface area contributed by atoms with Gasteiger partial charge in [0.25, 0.3) is 0 Å². The first-order valence-electron chi connectivity index (χ1n) is 7.52. The van der Waals surface area contributed by atoms with Crippen molar-refractivity contribution in [1.82, 2.24) is 20.6 Å². The average Bonchev–Trinajstić information content (AvgIpc) is 2.77. The molecule has 0 saturated heterocycles. The Morgan fingerprint density at radius 3 is 1.88 bits per heavy atom. The van der Waals surface area contributed by atoms with Crippen LogP contribution in [0.25, 0.3) is 0 Å². The summed E-state index contributed by atoms with van der Waals surface area (Å²) >= 11 is -1.34. The molecule has 0 aromatic rings. The van der Waals surface area contributed by atoms with Crippen LogP contribution >= 0.6 is 65.6 Å². The van der Waals surface area contributed by atoms with Crippen LogP contribution in [0, 0.1) is 0 Å². The summed E-state index contributed by atoms with van der Waals surface area (Å²) in [5.74, 6) is 5.11. The van der Waals surface area contributed by atoms with E-state index in [2.05, 4.69) is 66.4 Å². The minimum atomic E-state index is -1.34. The van der Waals surface area contributed by atoms with Crippen molar-refractivity contribution in [3.05, 3.63) is 0 Å². The van der Waals surface area contributed by atoms with Crippen LogP contribution in [0.5, 0.6) is 0 Å². The van der Waals surface area contributed by atoms with E-state index < -0.39 is 39.7 Å². The molecule has 33 heavy (non-hydrogen) atoms. The quantitative estimate of drug-likeness (QED) is 0.0539. The van der Waals surface area contributed by atoms with Crippen LogP contribution in [-0.4, -0.2) is 61.9 Å². The molecule has 20 nitrogen and oxygen atoms in total. The van der Waals surface area contributed by atoms with Crippen molar-refractivity contribution in [2.45, 2.75) is 3.85 Å². The molecular formula is C5H30IN8O12P7+2. The fourth-order valence-corrected chi connectivity index (χ4v) is 4.03. The predicted octanol–water partition coefficient (Wildman–Crippen LogP) is -4.02. The first kappa shape index (κ1) is 35.9. The molecule has 0 fully saturated rings. The van der Waals surface area contributed by atoms with Gasteiger partial charge in [0, 0.05) is 0 Å². The molecular weight excluding hydrogens is 708 g/mol. The van der Waals surface area contributed by atoms with Crippen molar-refractivity contribution in [3.8, 4) is 0 Å². The summed E-state index contributed by atoms with van der Waals surface area (Å²) in [6, 6.07) is 0. The molecule has 0 aliphatic carbocycles. The number of nitrogens with one attached hydrogen (secondary N) is 1. The third kappa shape index (κ3) is 15.2. The van der Waals surface area contributed by atoms with Crippen molar-refractivity contribution >= 4 is 65.6 Å². The molecule has 10 atom stereocenters. The monoisotopic (exact) mass is 738 g/mol. The number of hydrogen-bond donors (Lipinski definition) is 2. The number of rotatable bonds is 20. The van der Waals surface area contributed by atoms with Gasteiger partial charge in [-0.3, -0.25) is 0 Å². The maximum atomic E-state index is 5.48. The van der Waals surface area contributed by atoms with E-state index in [9.17, 15) is 0 Å². The molecule has 0 aromatic carbocycles. The van der Waals surface area contributed by atoms with Gasteiger partial charge >= 0.3 is 217 Å². The van der Waals surface area contributed by atoms with Crippen LogP contribution in [0.1, 0.15) is 0 Å². The van der Waals surface area contributed by atoms with Gasteiger partial charge in [-0.15, -0.1) is 0 Å². The Labute approximate surface area is 216 Å². The van der Waals surface area contributed by atoms with Crippen molar-refractivity contribution in [1.29, 1.82) is 0 Å². The predicted molar refractivity (Wildman–Crippen MR) is 122 cm³/mol. The van der Waals surface area contributed by atoms with Gasteiger partial charge in [-0.2, -0.15) is 0 Å². The SMILES string of the molecule is CO[N+](P)(OC)ON(O[I-]C(P)ON(P)O[N+](P)(OC)O[N+](P)(OC)ON)ON(P)ONP. The van der Waals surface area contributed by atoms with Crippen LogP contribution in [0.2, 0.25) is 0 Å². The van der Waals surface area contributed by atoms with Gasteiger partial charge in [0.05, 0.1) is 0 Å². The van der Waals surface area contributed by atoms with Crippen molar-refractivity contribution in [2.24, 2.45) is 5.90 Å². The molecule has 3 N–H and O–H groups in total. The number of nitrogens with zero attached hydrogens (tertiary/aromatic N) is 6. The van der Waals surface area contributed by atoms with E-state index in [1.807, 2.05) is 9.39 Å². The van der Waals surface area contributed by atoms with Gasteiger partial charge in [-0.25, -0.2) is 0 Å². The van der Waals surface area contributed by atoms with E-state index >= 15 is 0 Å². The first-order chi connectivity index (χ1) is 15.3. The summed E-state index contributed by atoms with van der Waals surface area (Å²) < 4.78 is 1.68. The molecule has 202 valence electrons. The van der Waals surface area contributed by atoms with Crippen LogP contribution in [0.15, 0.2) is 0 Å². The Morgan fingerprint density at radius 2 is 1.42 bits per heavy atom. The number of alkyl halides is 1. The van der Waals surface area contributed by atoms with Gasteiger partial charge < -0.3 is 0 Å². The molecule has 0 saturated carbocycles.